The molecule has 0 saturated carbocycles. The van der Waals surface area contributed by atoms with Gasteiger partial charge in [-0.15, -0.1) is 0 Å². The molecule has 0 aliphatic carbocycles. The van der Waals surface area contributed by atoms with Gasteiger partial charge in [0, 0.05) is 0 Å². The minimum Gasteiger partial charge on any atom is -0.858 e. The molecule has 4 nitrogen and oxygen atoms in total. The van der Waals surface area contributed by atoms with Crippen LogP contribution >= 0.6 is 0 Å². The summed E-state index contributed by atoms with van der Waals surface area (Å²) in [5.41, 5.74) is 0. The molecule has 0 aromatic rings. The molecular weight excluding hydrogens is 174 g/mol. The van der Waals surface area contributed by atoms with Gasteiger partial charge in [-0.25, -0.2) is 0 Å². The predicted octanol–water partition coefficient (Wildman–Crippen LogP) is -6.97. The molecule has 0 amide bonds. The average Bonchev–Trinajstić information content (AvgIpc) is 1.35. The van der Waals surface area contributed by atoms with Crippen molar-refractivity contribution in [2.45, 2.75) is 0 Å². The Morgan fingerprint density at radius 1 is 1.25 bits per heavy atom. The second-order valence-electron chi connectivity index (χ2n) is 0.577. The van der Waals surface area contributed by atoms with Gasteiger partial charge in [-0.3, -0.25) is 0 Å². The number of hydrogen-bond acceptors (Lipinski definition) is 4. The summed E-state index contributed by atoms with van der Waals surface area (Å²) in [5.74, 6) is 0. The van der Waals surface area contributed by atoms with Crippen molar-refractivity contribution in [3.8, 4) is 0 Å². The Labute approximate surface area is 105 Å². The molecule has 0 N–H and O–H groups in total. The molecule has 0 aromatic carbocycles. The van der Waals surface area contributed by atoms with Crippen molar-refractivity contribution in [1.29, 1.82) is 0 Å². The van der Waals surface area contributed by atoms with Crippen molar-refractivity contribution in [2.24, 2.45) is 0 Å². The first-order valence-corrected chi connectivity index (χ1v) is 2.60. The van der Waals surface area contributed by atoms with Gasteiger partial charge in [-0.05, 0) is 0 Å². The van der Waals surface area contributed by atoms with Crippen LogP contribution in [-0.2, 0) is 4.63 Å². The molecule has 0 heterocycles. The van der Waals surface area contributed by atoms with Crippen LogP contribution in [0, 0.1) is 0 Å². The molecule has 8 heteroatoms. The van der Waals surface area contributed by atoms with E-state index in [1.807, 2.05) is 4.63 Å². The van der Waals surface area contributed by atoms with Gasteiger partial charge in [-0.2, -0.15) is 0 Å². The molecular formula is FKMgO4Si. The van der Waals surface area contributed by atoms with E-state index in [1.54, 1.807) is 0 Å². The van der Waals surface area contributed by atoms with E-state index in [2.05, 4.69) is 0 Å². The van der Waals surface area contributed by atoms with E-state index in [4.69, 9.17) is 14.4 Å². The molecule has 0 aliphatic rings. The topological polar surface area (TPSA) is 78.4 Å². The Kier molecular flexibility index (Phi) is 15.7. The Morgan fingerprint density at radius 2 is 1.38 bits per heavy atom. The maximum atomic E-state index is 10.1. The fourth-order valence-electron chi connectivity index (χ4n) is 0. The van der Waals surface area contributed by atoms with Crippen LogP contribution < -0.4 is 65.8 Å². The molecule has 0 fully saturated rings. The van der Waals surface area contributed by atoms with Crippen molar-refractivity contribution in [3.63, 3.8) is 0 Å². The van der Waals surface area contributed by atoms with E-state index in [0.29, 0.717) is 0 Å². The number of rotatable bonds is 1. The van der Waals surface area contributed by atoms with Gasteiger partial charge in [0.1, 0.15) is 0 Å². The van der Waals surface area contributed by atoms with E-state index in [1.165, 1.54) is 0 Å². The number of halogens is 1. The van der Waals surface area contributed by atoms with Crippen molar-refractivity contribution >= 4 is 32.1 Å². The first-order chi connectivity index (χ1) is 2.56. The summed E-state index contributed by atoms with van der Waals surface area (Å²) in [5, 5.41) is 0. The number of hydrogen-bond donors (Lipinski definition) is 0. The summed E-state index contributed by atoms with van der Waals surface area (Å²) in [7, 11) is -5.55. The Hall–Kier alpha value is 2.39. The van der Waals surface area contributed by atoms with Crippen LogP contribution in [0.15, 0.2) is 0 Å². The molecule has 0 saturated heterocycles. The summed E-state index contributed by atoms with van der Waals surface area (Å²) in [6.07, 6.45) is 0. The third-order valence-electron chi connectivity index (χ3n) is 0.0945. The predicted molar refractivity (Wildman–Crippen MR) is 13.7 cm³/mol. The molecule has 8 heavy (non-hydrogen) atoms. The monoisotopic (exact) mass is 174 g/mol. The molecule has 0 bridgehead atoms. The Balaban J connectivity index is -0.000000125. The largest absolute Gasteiger partial charge is 2.00 e. The van der Waals surface area contributed by atoms with Gasteiger partial charge in [0.2, 0.25) is 0 Å². The smallest absolute Gasteiger partial charge is 0.858 e. The zero-order valence-corrected chi connectivity index (χ0v) is 9.76. The molecule has 0 atom stereocenters. The van der Waals surface area contributed by atoms with Gasteiger partial charge in [-0.1, -0.05) is 13.6 Å². The van der Waals surface area contributed by atoms with Crippen LogP contribution in [0.1, 0.15) is 0 Å². The summed E-state index contributed by atoms with van der Waals surface area (Å²) in [6.45, 7) is 0. The minimum absolute atomic E-state index is 0. The van der Waals surface area contributed by atoms with Crippen molar-refractivity contribution in [1.82, 2.24) is 0 Å². The van der Waals surface area contributed by atoms with E-state index in [9.17, 15) is 4.53 Å². The van der Waals surface area contributed by atoms with Crippen LogP contribution in [-0.4, -0.2) is 32.1 Å². The summed E-state index contributed by atoms with van der Waals surface area (Å²) < 4.78 is 12.0. The first-order valence-electron chi connectivity index (χ1n) is 0.971. The van der Waals surface area contributed by atoms with Crippen LogP contribution in [0.2, 0.25) is 0 Å². The van der Waals surface area contributed by atoms with E-state index >= 15 is 0 Å². The molecule has 0 spiro atoms. The minimum atomic E-state index is -5.55. The summed E-state index contributed by atoms with van der Waals surface area (Å²) in [6, 6.07) is 0. The van der Waals surface area contributed by atoms with Gasteiger partial charge < -0.3 is 19.0 Å². The van der Waals surface area contributed by atoms with Crippen molar-refractivity contribution in [3.05, 3.63) is 0 Å². The standard InChI is InChI=1S/FO4Si.K.Mg/c1-5-6(2,3)4;;/q-3;+1;+2. The third kappa shape index (κ3) is 15.8. The molecule has 0 rings (SSSR count). The average molecular weight is 174 g/mol. The Bertz CT molecular complexity index is 45.8. The van der Waals surface area contributed by atoms with Gasteiger partial charge in [0.05, 0.1) is 0 Å². The maximum absolute atomic E-state index is 10.1. The van der Waals surface area contributed by atoms with Gasteiger partial charge >= 0.3 is 74.4 Å². The normalized spacial score (nSPS) is 9.00. The zero-order chi connectivity index (χ0) is 5.21. The zero-order valence-electron chi connectivity index (χ0n) is 4.22. The van der Waals surface area contributed by atoms with Gasteiger partial charge in [0.15, 0.2) is 0 Å². The molecule has 0 unspecified atom stereocenters. The van der Waals surface area contributed by atoms with E-state index in [0.717, 1.165) is 0 Å². The van der Waals surface area contributed by atoms with Crippen LogP contribution in [0.3, 0.4) is 0 Å². The van der Waals surface area contributed by atoms with E-state index in [-0.39, 0.29) is 74.4 Å². The molecule has 0 aliphatic heterocycles. The van der Waals surface area contributed by atoms with Crippen molar-refractivity contribution < 1.29 is 74.9 Å². The summed E-state index contributed by atoms with van der Waals surface area (Å²) in [4.78, 5) is 26.7. The summed E-state index contributed by atoms with van der Waals surface area (Å²) >= 11 is 0. The van der Waals surface area contributed by atoms with Crippen LogP contribution in [0.25, 0.3) is 0 Å². The quantitative estimate of drug-likeness (QED) is 0.370. The molecule has 0 radical (unpaired) electrons. The van der Waals surface area contributed by atoms with E-state index < -0.39 is 9.05 Å². The maximum Gasteiger partial charge on any atom is 2.00 e. The fraction of sp³-hybridized carbons (Fsp3) is 0. The Morgan fingerprint density at radius 3 is 1.38 bits per heavy atom. The van der Waals surface area contributed by atoms with Crippen LogP contribution in [0.4, 0.5) is 4.53 Å². The second-order valence-corrected chi connectivity index (χ2v) is 1.73. The molecule has 0 aromatic heterocycles. The third-order valence-corrected chi connectivity index (χ3v) is 0.283. The van der Waals surface area contributed by atoms with Gasteiger partial charge in [0.25, 0.3) is 0 Å². The molecule has 38 valence electrons. The fourth-order valence-corrected chi connectivity index (χ4v) is 0. The SMILES string of the molecule is [K+].[Mg+2].[O-][Si]([O-])([O-])OF. The van der Waals surface area contributed by atoms with Crippen LogP contribution in [0.5, 0.6) is 0 Å². The second kappa shape index (κ2) is 7.50. The first kappa shape index (κ1) is 16.8. The van der Waals surface area contributed by atoms with Crippen molar-refractivity contribution in [2.75, 3.05) is 0 Å².